The minimum absolute atomic E-state index is 0.0460. The summed E-state index contributed by atoms with van der Waals surface area (Å²) < 4.78 is 1.79. The highest BCUT2D eigenvalue weighted by atomic mass is 35.5. The molecular formula is C21H24ClN3O. The van der Waals surface area contributed by atoms with Crippen molar-refractivity contribution in [1.82, 2.24) is 14.5 Å². The molecule has 3 rings (SSSR count). The van der Waals surface area contributed by atoms with E-state index in [-0.39, 0.29) is 11.6 Å². The van der Waals surface area contributed by atoms with Crippen LogP contribution in [0.3, 0.4) is 0 Å². The van der Waals surface area contributed by atoms with E-state index in [1.807, 2.05) is 30.3 Å². The molecule has 1 unspecified atom stereocenters. The molecule has 0 aliphatic carbocycles. The lowest BCUT2D eigenvalue weighted by atomic mass is 10.1. The molecule has 3 aromatic rings. The molecule has 0 saturated heterocycles. The first-order valence-electron chi connectivity index (χ1n) is 9.05. The summed E-state index contributed by atoms with van der Waals surface area (Å²) in [5.74, 6) is 0.662. The molecule has 136 valence electrons. The monoisotopic (exact) mass is 369 g/mol. The molecule has 0 fully saturated rings. The molecule has 0 spiro atoms. The fourth-order valence-electron chi connectivity index (χ4n) is 3.41. The molecule has 0 saturated carbocycles. The van der Waals surface area contributed by atoms with Crippen LogP contribution in [-0.4, -0.2) is 33.6 Å². The van der Waals surface area contributed by atoms with Gasteiger partial charge >= 0.3 is 0 Å². The number of aromatic nitrogens is 2. The Kier molecular flexibility index (Phi) is 5.74. The summed E-state index contributed by atoms with van der Waals surface area (Å²) in [7, 11) is 0. The van der Waals surface area contributed by atoms with Gasteiger partial charge in [0.2, 0.25) is 0 Å². The largest absolute Gasteiger partial charge is 0.299 e. The molecular weight excluding hydrogens is 346 g/mol. The summed E-state index contributed by atoms with van der Waals surface area (Å²) in [6, 6.07) is 15.4. The lowest BCUT2D eigenvalue weighted by Crippen LogP contribution is -2.39. The maximum atomic E-state index is 13.3. The van der Waals surface area contributed by atoms with Gasteiger partial charge in [0.05, 0.1) is 15.9 Å². The van der Waals surface area contributed by atoms with E-state index in [0.29, 0.717) is 28.3 Å². The van der Waals surface area contributed by atoms with Gasteiger partial charge in [-0.25, -0.2) is 4.98 Å². The van der Waals surface area contributed by atoms with Crippen molar-refractivity contribution >= 4 is 22.5 Å². The lowest BCUT2D eigenvalue weighted by Gasteiger charge is -2.27. The average Bonchev–Trinajstić information content (AvgIpc) is 2.66. The summed E-state index contributed by atoms with van der Waals surface area (Å²) in [5.41, 5.74) is 1.43. The van der Waals surface area contributed by atoms with E-state index in [4.69, 9.17) is 16.6 Å². The molecule has 1 aromatic heterocycles. The van der Waals surface area contributed by atoms with E-state index in [0.717, 1.165) is 18.7 Å². The van der Waals surface area contributed by atoms with Crippen molar-refractivity contribution in [3.63, 3.8) is 0 Å². The number of rotatable bonds is 6. The smallest absolute Gasteiger partial charge is 0.261 e. The van der Waals surface area contributed by atoms with Gasteiger partial charge in [-0.05, 0) is 32.1 Å². The Morgan fingerprint density at radius 1 is 1.08 bits per heavy atom. The fourth-order valence-corrected chi connectivity index (χ4v) is 3.63. The predicted octanol–water partition coefficient (Wildman–Crippen LogP) is 4.45. The molecule has 0 bridgehead atoms. The minimum atomic E-state index is -0.0460. The second kappa shape index (κ2) is 8.02. The summed E-state index contributed by atoms with van der Waals surface area (Å²) in [5, 5.41) is 1.06. The SMILES string of the molecule is CCN(CC)C(C)Cn1c(-c2ccccc2)nc2c(Cl)cccc2c1=O. The van der Waals surface area contributed by atoms with Gasteiger partial charge in [0.15, 0.2) is 0 Å². The van der Waals surface area contributed by atoms with Gasteiger partial charge in [-0.2, -0.15) is 0 Å². The number of fused-ring (bicyclic) bond motifs is 1. The Morgan fingerprint density at radius 2 is 1.77 bits per heavy atom. The number of hydrogen-bond acceptors (Lipinski definition) is 3. The zero-order chi connectivity index (χ0) is 18.7. The van der Waals surface area contributed by atoms with E-state index in [1.54, 1.807) is 22.8 Å². The van der Waals surface area contributed by atoms with Crippen molar-refractivity contribution in [1.29, 1.82) is 0 Å². The molecule has 1 heterocycles. The van der Waals surface area contributed by atoms with Crippen LogP contribution < -0.4 is 5.56 Å². The van der Waals surface area contributed by atoms with Crippen LogP contribution in [0.15, 0.2) is 53.3 Å². The van der Waals surface area contributed by atoms with Crippen LogP contribution >= 0.6 is 11.6 Å². The molecule has 0 aliphatic rings. The van der Waals surface area contributed by atoms with Crippen molar-refractivity contribution < 1.29 is 0 Å². The summed E-state index contributed by atoms with van der Waals surface area (Å²) in [6.07, 6.45) is 0. The van der Waals surface area contributed by atoms with E-state index in [1.165, 1.54) is 0 Å². The predicted molar refractivity (Wildman–Crippen MR) is 109 cm³/mol. The molecule has 26 heavy (non-hydrogen) atoms. The van der Waals surface area contributed by atoms with Crippen LogP contribution in [-0.2, 0) is 6.54 Å². The van der Waals surface area contributed by atoms with Crippen molar-refractivity contribution in [3.05, 3.63) is 63.9 Å². The van der Waals surface area contributed by atoms with Crippen LogP contribution in [0, 0.1) is 0 Å². The second-order valence-electron chi connectivity index (χ2n) is 6.42. The van der Waals surface area contributed by atoms with Crippen molar-refractivity contribution in [2.45, 2.75) is 33.4 Å². The third kappa shape index (κ3) is 3.53. The first kappa shape index (κ1) is 18.6. The fraction of sp³-hybridized carbons (Fsp3) is 0.333. The van der Waals surface area contributed by atoms with Gasteiger partial charge in [0.1, 0.15) is 5.82 Å². The van der Waals surface area contributed by atoms with E-state index >= 15 is 0 Å². The molecule has 5 heteroatoms. The van der Waals surface area contributed by atoms with Gasteiger partial charge in [0, 0.05) is 18.2 Å². The van der Waals surface area contributed by atoms with Crippen LogP contribution in [0.2, 0.25) is 5.02 Å². The third-order valence-corrected chi connectivity index (χ3v) is 5.16. The van der Waals surface area contributed by atoms with E-state index < -0.39 is 0 Å². The van der Waals surface area contributed by atoms with Crippen molar-refractivity contribution in [2.75, 3.05) is 13.1 Å². The number of para-hydroxylation sites is 1. The zero-order valence-corrected chi connectivity index (χ0v) is 16.2. The van der Waals surface area contributed by atoms with Gasteiger partial charge in [-0.1, -0.05) is 61.8 Å². The minimum Gasteiger partial charge on any atom is -0.299 e. The average molecular weight is 370 g/mol. The highest BCUT2D eigenvalue weighted by Crippen LogP contribution is 2.24. The summed E-state index contributed by atoms with van der Waals surface area (Å²) in [4.78, 5) is 20.4. The van der Waals surface area contributed by atoms with Gasteiger partial charge in [0.25, 0.3) is 5.56 Å². The number of likely N-dealkylation sites (N-methyl/N-ethyl adjacent to an activating group) is 1. The number of nitrogens with zero attached hydrogens (tertiary/aromatic N) is 3. The standard InChI is InChI=1S/C21H24ClN3O/c1-4-24(5-2)15(3)14-25-20(16-10-7-6-8-11-16)23-19-17(21(25)26)12-9-13-18(19)22/h6-13,15H,4-5,14H2,1-3H3. The van der Waals surface area contributed by atoms with Crippen molar-refractivity contribution in [3.8, 4) is 11.4 Å². The first-order valence-corrected chi connectivity index (χ1v) is 9.43. The molecule has 0 aliphatic heterocycles. The molecule has 0 amide bonds. The Balaban J connectivity index is 2.22. The summed E-state index contributed by atoms with van der Waals surface area (Å²) in [6.45, 7) is 8.90. The topological polar surface area (TPSA) is 38.1 Å². The van der Waals surface area contributed by atoms with E-state index in [2.05, 4.69) is 25.7 Å². The first-order chi connectivity index (χ1) is 12.6. The van der Waals surface area contributed by atoms with Crippen LogP contribution in [0.1, 0.15) is 20.8 Å². The number of benzene rings is 2. The quantitative estimate of drug-likeness (QED) is 0.644. The Hall–Kier alpha value is -2.17. The van der Waals surface area contributed by atoms with Gasteiger partial charge in [-0.3, -0.25) is 14.3 Å². The number of halogens is 1. The highest BCUT2D eigenvalue weighted by molar-refractivity contribution is 6.35. The molecule has 4 nitrogen and oxygen atoms in total. The lowest BCUT2D eigenvalue weighted by molar-refractivity contribution is 0.210. The van der Waals surface area contributed by atoms with Crippen LogP contribution in [0.4, 0.5) is 0 Å². The van der Waals surface area contributed by atoms with E-state index in [9.17, 15) is 4.79 Å². The molecule has 2 aromatic carbocycles. The Morgan fingerprint density at radius 3 is 2.42 bits per heavy atom. The highest BCUT2D eigenvalue weighted by Gasteiger charge is 2.18. The van der Waals surface area contributed by atoms with Crippen molar-refractivity contribution in [2.24, 2.45) is 0 Å². The normalized spacial score (nSPS) is 12.7. The molecule has 0 N–H and O–H groups in total. The zero-order valence-electron chi connectivity index (χ0n) is 15.4. The second-order valence-corrected chi connectivity index (χ2v) is 6.83. The van der Waals surface area contributed by atoms with Gasteiger partial charge in [-0.15, -0.1) is 0 Å². The third-order valence-electron chi connectivity index (χ3n) is 4.85. The summed E-state index contributed by atoms with van der Waals surface area (Å²) >= 11 is 6.32. The van der Waals surface area contributed by atoms with Gasteiger partial charge < -0.3 is 0 Å². The Labute approximate surface area is 159 Å². The maximum absolute atomic E-state index is 13.3. The van der Waals surface area contributed by atoms with Crippen LogP contribution in [0.25, 0.3) is 22.3 Å². The van der Waals surface area contributed by atoms with Crippen LogP contribution in [0.5, 0.6) is 0 Å². The Bertz CT molecular complexity index is 949. The molecule has 0 radical (unpaired) electrons. The molecule has 1 atom stereocenters. The maximum Gasteiger partial charge on any atom is 0.261 e. The number of hydrogen-bond donors (Lipinski definition) is 0.